The highest BCUT2D eigenvalue weighted by Gasteiger charge is 2.23. The molecule has 90 valence electrons. The van der Waals surface area contributed by atoms with Crippen molar-refractivity contribution < 1.29 is 0 Å². The number of halogens is 1. The van der Waals surface area contributed by atoms with Gasteiger partial charge in [0.15, 0.2) is 4.87 Å². The topological polar surface area (TPSA) is 23.8 Å². The van der Waals surface area contributed by atoms with Gasteiger partial charge >= 0.3 is 0 Å². The normalized spacial score (nSPS) is 20.5. The standard InChI is InChI=1S/C15H18ClN/c1-15(16,11-17)14-9-7-13(8-10-14)12-5-3-2-4-6-12/h7-10,12H,2-6H2,1H3. The van der Waals surface area contributed by atoms with Gasteiger partial charge < -0.3 is 0 Å². The van der Waals surface area contributed by atoms with Crippen LogP contribution in [0.2, 0.25) is 0 Å². The second-order valence-corrected chi connectivity index (χ2v) is 5.83. The van der Waals surface area contributed by atoms with Crippen LogP contribution < -0.4 is 0 Å². The van der Waals surface area contributed by atoms with E-state index in [-0.39, 0.29) is 0 Å². The Hall–Kier alpha value is -1.00. The summed E-state index contributed by atoms with van der Waals surface area (Å²) in [5, 5.41) is 8.98. The van der Waals surface area contributed by atoms with Crippen LogP contribution in [0.15, 0.2) is 24.3 Å². The number of hydrogen-bond donors (Lipinski definition) is 0. The zero-order valence-corrected chi connectivity index (χ0v) is 11.0. The molecule has 0 bridgehead atoms. The van der Waals surface area contributed by atoms with E-state index in [9.17, 15) is 0 Å². The summed E-state index contributed by atoms with van der Waals surface area (Å²) in [6.07, 6.45) is 6.67. The van der Waals surface area contributed by atoms with Gasteiger partial charge in [0.25, 0.3) is 0 Å². The van der Waals surface area contributed by atoms with Crippen LogP contribution in [0.3, 0.4) is 0 Å². The largest absolute Gasteiger partial charge is 0.196 e. The zero-order chi connectivity index (χ0) is 12.3. The van der Waals surface area contributed by atoms with Gasteiger partial charge in [-0.05, 0) is 36.8 Å². The molecule has 17 heavy (non-hydrogen) atoms. The fourth-order valence-corrected chi connectivity index (χ4v) is 2.69. The van der Waals surface area contributed by atoms with Crippen molar-refractivity contribution in [3.05, 3.63) is 35.4 Å². The van der Waals surface area contributed by atoms with Gasteiger partial charge in [0.1, 0.15) is 0 Å². The fourth-order valence-electron chi connectivity index (χ4n) is 2.57. The average Bonchev–Trinajstić information content (AvgIpc) is 2.40. The molecule has 0 radical (unpaired) electrons. The highest BCUT2D eigenvalue weighted by atomic mass is 35.5. The lowest BCUT2D eigenvalue weighted by atomic mass is 9.83. The van der Waals surface area contributed by atoms with Gasteiger partial charge in [-0.3, -0.25) is 0 Å². The summed E-state index contributed by atoms with van der Waals surface area (Å²) in [4.78, 5) is -0.898. The summed E-state index contributed by atoms with van der Waals surface area (Å²) in [6, 6.07) is 10.4. The van der Waals surface area contributed by atoms with Crippen LogP contribution in [0.4, 0.5) is 0 Å². The fraction of sp³-hybridized carbons (Fsp3) is 0.533. The van der Waals surface area contributed by atoms with Gasteiger partial charge in [-0.25, -0.2) is 0 Å². The molecule has 1 aliphatic rings. The number of nitrogens with zero attached hydrogens (tertiary/aromatic N) is 1. The van der Waals surface area contributed by atoms with E-state index in [1.807, 2.05) is 12.1 Å². The van der Waals surface area contributed by atoms with Crippen molar-refractivity contribution in [1.29, 1.82) is 5.26 Å². The van der Waals surface area contributed by atoms with Crippen molar-refractivity contribution in [2.24, 2.45) is 0 Å². The first-order valence-electron chi connectivity index (χ1n) is 6.34. The molecule has 1 atom stereocenters. The van der Waals surface area contributed by atoms with Gasteiger partial charge in [0.05, 0.1) is 6.07 Å². The SMILES string of the molecule is CC(Cl)(C#N)c1ccc(C2CCCCC2)cc1. The van der Waals surface area contributed by atoms with Gasteiger partial charge in [-0.1, -0.05) is 55.1 Å². The Morgan fingerprint density at radius 2 is 1.76 bits per heavy atom. The van der Waals surface area contributed by atoms with Crippen LogP contribution in [-0.4, -0.2) is 0 Å². The summed E-state index contributed by atoms with van der Waals surface area (Å²) in [6.45, 7) is 1.74. The number of rotatable bonds is 2. The van der Waals surface area contributed by atoms with Crippen molar-refractivity contribution in [2.45, 2.75) is 49.8 Å². The smallest absolute Gasteiger partial charge is 0.153 e. The molecule has 1 aliphatic carbocycles. The minimum Gasteiger partial charge on any atom is -0.196 e. The third-order valence-corrected chi connectivity index (χ3v) is 4.04. The maximum absolute atomic E-state index is 8.98. The van der Waals surface area contributed by atoms with Gasteiger partial charge in [0, 0.05) is 0 Å². The molecule has 0 aliphatic heterocycles. The summed E-state index contributed by atoms with van der Waals surface area (Å²) >= 11 is 6.12. The van der Waals surface area contributed by atoms with E-state index in [0.29, 0.717) is 5.92 Å². The highest BCUT2D eigenvalue weighted by molar-refractivity contribution is 6.25. The zero-order valence-electron chi connectivity index (χ0n) is 10.2. The minimum atomic E-state index is -0.898. The van der Waals surface area contributed by atoms with E-state index >= 15 is 0 Å². The molecular formula is C15H18ClN. The lowest BCUT2D eigenvalue weighted by Crippen LogP contribution is -2.11. The molecule has 1 unspecified atom stereocenters. The maximum atomic E-state index is 8.98. The maximum Gasteiger partial charge on any atom is 0.153 e. The molecule has 1 saturated carbocycles. The molecule has 0 amide bonds. The van der Waals surface area contributed by atoms with Gasteiger partial charge in [-0.15, -0.1) is 0 Å². The Kier molecular flexibility index (Phi) is 3.74. The van der Waals surface area contributed by atoms with E-state index in [0.717, 1.165) is 5.56 Å². The predicted molar refractivity (Wildman–Crippen MR) is 71.1 cm³/mol. The third kappa shape index (κ3) is 2.82. The van der Waals surface area contributed by atoms with E-state index in [1.54, 1.807) is 6.92 Å². The minimum absolute atomic E-state index is 0.710. The monoisotopic (exact) mass is 247 g/mol. The molecule has 0 heterocycles. The number of nitriles is 1. The first kappa shape index (κ1) is 12.5. The molecular weight excluding hydrogens is 230 g/mol. The Bertz CT molecular complexity index is 408. The molecule has 0 spiro atoms. The van der Waals surface area contributed by atoms with E-state index in [2.05, 4.69) is 18.2 Å². The Morgan fingerprint density at radius 1 is 1.18 bits per heavy atom. The van der Waals surface area contributed by atoms with Crippen LogP contribution in [0.25, 0.3) is 0 Å². The summed E-state index contributed by atoms with van der Waals surface area (Å²) in [5.41, 5.74) is 2.29. The lowest BCUT2D eigenvalue weighted by Gasteiger charge is -2.22. The summed E-state index contributed by atoms with van der Waals surface area (Å²) < 4.78 is 0. The predicted octanol–water partition coefficient (Wildman–Crippen LogP) is 4.71. The Labute approximate surface area is 108 Å². The first-order valence-corrected chi connectivity index (χ1v) is 6.72. The van der Waals surface area contributed by atoms with Crippen LogP contribution in [-0.2, 0) is 4.87 Å². The molecule has 1 nitrogen and oxygen atoms in total. The number of alkyl halides is 1. The number of benzene rings is 1. The second kappa shape index (κ2) is 5.10. The molecule has 2 rings (SSSR count). The lowest BCUT2D eigenvalue weighted by molar-refractivity contribution is 0.443. The van der Waals surface area contributed by atoms with Crippen molar-refractivity contribution in [3.63, 3.8) is 0 Å². The molecule has 1 aromatic carbocycles. The van der Waals surface area contributed by atoms with Crippen molar-refractivity contribution in [1.82, 2.24) is 0 Å². The summed E-state index contributed by atoms with van der Waals surface area (Å²) in [5.74, 6) is 0.710. The molecule has 1 fully saturated rings. The van der Waals surface area contributed by atoms with Crippen LogP contribution >= 0.6 is 11.6 Å². The Balaban J connectivity index is 2.15. The van der Waals surface area contributed by atoms with E-state index in [4.69, 9.17) is 16.9 Å². The highest BCUT2D eigenvalue weighted by Crippen LogP contribution is 2.34. The third-order valence-electron chi connectivity index (χ3n) is 3.74. The van der Waals surface area contributed by atoms with E-state index in [1.165, 1.54) is 37.7 Å². The van der Waals surface area contributed by atoms with Crippen LogP contribution in [0.5, 0.6) is 0 Å². The molecule has 2 heteroatoms. The van der Waals surface area contributed by atoms with Crippen LogP contribution in [0.1, 0.15) is 56.1 Å². The first-order chi connectivity index (χ1) is 8.13. The van der Waals surface area contributed by atoms with E-state index < -0.39 is 4.87 Å². The van der Waals surface area contributed by atoms with Crippen molar-refractivity contribution >= 4 is 11.6 Å². The number of hydrogen-bond acceptors (Lipinski definition) is 1. The second-order valence-electron chi connectivity index (χ2n) is 5.07. The van der Waals surface area contributed by atoms with Crippen molar-refractivity contribution in [2.75, 3.05) is 0 Å². The van der Waals surface area contributed by atoms with Crippen molar-refractivity contribution in [3.8, 4) is 6.07 Å². The molecule has 1 aromatic rings. The average molecular weight is 248 g/mol. The molecule has 0 saturated heterocycles. The summed E-state index contributed by atoms with van der Waals surface area (Å²) in [7, 11) is 0. The van der Waals surface area contributed by atoms with Gasteiger partial charge in [0.2, 0.25) is 0 Å². The Morgan fingerprint density at radius 3 is 2.29 bits per heavy atom. The van der Waals surface area contributed by atoms with Crippen LogP contribution in [0, 0.1) is 11.3 Å². The molecule has 0 N–H and O–H groups in total. The molecule has 0 aromatic heterocycles. The quantitative estimate of drug-likeness (QED) is 0.695. The van der Waals surface area contributed by atoms with Gasteiger partial charge in [-0.2, -0.15) is 5.26 Å².